The van der Waals surface area contributed by atoms with E-state index in [-0.39, 0.29) is 41.7 Å². The Balaban J connectivity index is 0.00000280. The average molecular weight is 444 g/mol. The van der Waals surface area contributed by atoms with Crippen LogP contribution in [0.25, 0.3) is 0 Å². The van der Waals surface area contributed by atoms with Gasteiger partial charge in [0.05, 0.1) is 5.92 Å². The van der Waals surface area contributed by atoms with Crippen molar-refractivity contribution in [1.29, 1.82) is 0 Å². The Kier molecular flexibility index (Phi) is 11.5. The molecule has 2 aliphatic rings. The smallest absolute Gasteiger partial charge is 0.225 e. The molecule has 2 aliphatic heterocycles. The molecule has 1 unspecified atom stereocenters. The van der Waals surface area contributed by atoms with Gasteiger partial charge in [-0.3, -0.25) is 4.79 Å². The zero-order valence-electron chi connectivity index (χ0n) is 18.1. The second kappa shape index (κ2) is 12.0. The van der Waals surface area contributed by atoms with Crippen LogP contribution in [0.15, 0.2) is 24.3 Å². The van der Waals surface area contributed by atoms with Crippen molar-refractivity contribution in [1.82, 2.24) is 15.5 Å². The summed E-state index contributed by atoms with van der Waals surface area (Å²) < 4.78 is 0. The number of nitrogens with one attached hydrogen (secondary N) is 2. The first kappa shape index (κ1) is 28.8. The Morgan fingerprint density at radius 2 is 1.83 bits per heavy atom. The fourth-order valence-corrected chi connectivity index (χ4v) is 4.54. The van der Waals surface area contributed by atoms with Crippen LogP contribution in [0, 0.1) is 17.3 Å². The highest BCUT2D eigenvalue weighted by molar-refractivity contribution is 6.30. The van der Waals surface area contributed by atoms with E-state index in [1.54, 1.807) is 0 Å². The van der Waals surface area contributed by atoms with Crippen LogP contribution in [-0.2, 0) is 4.79 Å². The summed E-state index contributed by atoms with van der Waals surface area (Å²) in [6.45, 7) is 13.8. The minimum absolute atomic E-state index is 0. The van der Waals surface area contributed by atoms with Crippen molar-refractivity contribution in [2.45, 2.75) is 53.5 Å². The average Bonchev–Trinajstić information content (AvgIpc) is 2.53. The fraction of sp³-hybridized carbons (Fsp3) is 0.696. The molecule has 1 amide bonds. The van der Waals surface area contributed by atoms with Gasteiger partial charge in [-0.15, -0.1) is 0 Å². The minimum Gasteiger partial charge on any atom is -0.412 e. The molecule has 0 aliphatic carbocycles. The van der Waals surface area contributed by atoms with E-state index < -0.39 is 0 Å². The first-order valence-electron chi connectivity index (χ1n) is 10.2. The van der Waals surface area contributed by atoms with Crippen molar-refractivity contribution in [3.8, 4) is 0 Å². The summed E-state index contributed by atoms with van der Waals surface area (Å²) in [6.07, 6.45) is 1.14. The summed E-state index contributed by atoms with van der Waals surface area (Å²) in [5, 5.41) is 7.29. The van der Waals surface area contributed by atoms with E-state index in [0.29, 0.717) is 11.8 Å². The maximum Gasteiger partial charge on any atom is 0.225 e. The monoisotopic (exact) mass is 443 g/mol. The highest BCUT2D eigenvalue weighted by Gasteiger charge is 2.38. The van der Waals surface area contributed by atoms with Gasteiger partial charge in [-0.05, 0) is 47.9 Å². The van der Waals surface area contributed by atoms with Gasteiger partial charge in [0, 0.05) is 37.2 Å². The summed E-state index contributed by atoms with van der Waals surface area (Å²) in [5.74, 6) is 1.33. The van der Waals surface area contributed by atoms with E-state index in [4.69, 9.17) is 11.6 Å². The molecule has 174 valence electrons. The number of halogens is 1. The molecule has 1 aromatic carbocycles. The van der Waals surface area contributed by atoms with E-state index in [0.717, 1.165) is 44.2 Å². The lowest BCUT2D eigenvalue weighted by molar-refractivity contribution is -0.127. The molecule has 3 rings (SSSR count). The quantitative estimate of drug-likeness (QED) is 0.704. The van der Waals surface area contributed by atoms with Gasteiger partial charge < -0.3 is 26.5 Å². The summed E-state index contributed by atoms with van der Waals surface area (Å²) in [5.41, 5.74) is 1.57. The van der Waals surface area contributed by atoms with Crippen LogP contribution in [-0.4, -0.2) is 60.5 Å². The maximum atomic E-state index is 12.4. The molecule has 0 bridgehead atoms. The highest BCUT2D eigenvalue weighted by atomic mass is 35.5. The Hall–Kier alpha value is -1.18. The molecule has 0 spiro atoms. The number of likely N-dealkylation sites (tertiary alicyclic amines) is 1. The Bertz CT molecular complexity index is 648. The van der Waals surface area contributed by atoms with Crippen molar-refractivity contribution < 1.29 is 15.7 Å². The summed E-state index contributed by atoms with van der Waals surface area (Å²) in [7, 11) is 0. The third-order valence-corrected chi connectivity index (χ3v) is 6.57. The van der Waals surface area contributed by atoms with Crippen LogP contribution in [0.1, 0.15) is 53.0 Å². The first-order chi connectivity index (χ1) is 12.8. The summed E-state index contributed by atoms with van der Waals surface area (Å²) in [4.78, 5) is 14.9. The van der Waals surface area contributed by atoms with Crippen LogP contribution in [0.5, 0.6) is 0 Å². The number of benzene rings is 1. The van der Waals surface area contributed by atoms with Crippen LogP contribution >= 0.6 is 11.6 Å². The highest BCUT2D eigenvalue weighted by Crippen LogP contribution is 2.42. The van der Waals surface area contributed by atoms with E-state index in [9.17, 15) is 4.79 Å². The molecule has 6 nitrogen and oxygen atoms in total. The molecule has 2 fully saturated rings. The van der Waals surface area contributed by atoms with Crippen LogP contribution in [0.4, 0.5) is 0 Å². The van der Waals surface area contributed by atoms with E-state index >= 15 is 0 Å². The summed E-state index contributed by atoms with van der Waals surface area (Å²) >= 11 is 6.06. The lowest BCUT2D eigenvalue weighted by Crippen LogP contribution is -2.56. The minimum atomic E-state index is 0. The molecule has 0 radical (unpaired) electrons. The molecule has 2 heterocycles. The molecular weight excluding hydrogens is 402 g/mol. The number of piperidine rings is 1. The van der Waals surface area contributed by atoms with Crippen molar-refractivity contribution in [3.63, 3.8) is 0 Å². The zero-order chi connectivity index (χ0) is 19.6. The van der Waals surface area contributed by atoms with Gasteiger partial charge in [-0.2, -0.15) is 0 Å². The van der Waals surface area contributed by atoms with E-state index in [2.05, 4.69) is 55.4 Å². The Morgan fingerprint density at radius 3 is 2.30 bits per heavy atom. The Labute approximate surface area is 187 Å². The number of carbonyl (C=O) groups is 1. The molecule has 0 aromatic heterocycles. The lowest BCUT2D eigenvalue weighted by Gasteiger charge is -2.46. The number of carbonyl (C=O) groups excluding carboxylic acids is 1. The van der Waals surface area contributed by atoms with Gasteiger partial charge in [0.2, 0.25) is 5.91 Å². The molecule has 0 saturated carbocycles. The summed E-state index contributed by atoms with van der Waals surface area (Å²) in [6, 6.07) is 8.56. The number of rotatable bonds is 6. The third kappa shape index (κ3) is 6.92. The number of hydrogen-bond acceptors (Lipinski definition) is 3. The first-order valence-corrected chi connectivity index (χ1v) is 10.6. The second-order valence-electron chi connectivity index (χ2n) is 9.33. The molecule has 6 N–H and O–H groups in total. The molecule has 1 aromatic rings. The molecule has 2 atom stereocenters. The fourth-order valence-electron chi connectivity index (χ4n) is 4.41. The van der Waals surface area contributed by atoms with Crippen LogP contribution < -0.4 is 10.6 Å². The van der Waals surface area contributed by atoms with E-state index in [1.165, 1.54) is 5.56 Å². The van der Waals surface area contributed by atoms with Crippen molar-refractivity contribution in [2.24, 2.45) is 17.3 Å². The maximum absolute atomic E-state index is 12.4. The van der Waals surface area contributed by atoms with Gasteiger partial charge in [-0.1, -0.05) is 58.9 Å². The molecule has 30 heavy (non-hydrogen) atoms. The van der Waals surface area contributed by atoms with Crippen LogP contribution in [0.3, 0.4) is 0 Å². The number of amides is 1. The second-order valence-corrected chi connectivity index (χ2v) is 9.77. The van der Waals surface area contributed by atoms with Crippen molar-refractivity contribution in [2.75, 3.05) is 32.7 Å². The SMILES string of the molecule is C.CC(C)[C@H](CN1CCC(c2ccc(Cl)cc2)C(C)(C)C1)NC(=O)C1CNC1.O.O. The predicted octanol–water partition coefficient (Wildman–Crippen LogP) is 2.50. The van der Waals surface area contributed by atoms with Gasteiger partial charge in [-0.25, -0.2) is 0 Å². The van der Waals surface area contributed by atoms with Crippen molar-refractivity contribution >= 4 is 17.5 Å². The number of hydrogen-bond donors (Lipinski definition) is 2. The van der Waals surface area contributed by atoms with Gasteiger partial charge in [0.1, 0.15) is 0 Å². The third-order valence-electron chi connectivity index (χ3n) is 6.32. The van der Waals surface area contributed by atoms with Gasteiger partial charge in [0.15, 0.2) is 0 Å². The normalized spacial score (nSPS) is 22.0. The van der Waals surface area contributed by atoms with E-state index in [1.807, 2.05) is 12.1 Å². The van der Waals surface area contributed by atoms with Crippen LogP contribution in [0.2, 0.25) is 5.02 Å². The number of nitrogens with zero attached hydrogens (tertiary/aromatic N) is 1. The molecular formula is C23H42ClN3O3. The Morgan fingerprint density at radius 1 is 1.23 bits per heavy atom. The molecule has 7 heteroatoms. The standard InChI is InChI=1S/C22H34ClN3O.CH4.2H2O/c1-15(2)20(25-21(27)17-11-24-12-17)13-26-10-9-19(22(3,4)14-26)16-5-7-18(23)8-6-16;;;/h5-8,15,17,19-20,24H,9-14H2,1-4H3,(H,25,27);1H4;2*1H2/t19?,20-;;;/m0.../s1. The largest absolute Gasteiger partial charge is 0.412 e. The van der Waals surface area contributed by atoms with Crippen molar-refractivity contribution in [3.05, 3.63) is 34.9 Å². The lowest BCUT2D eigenvalue weighted by atomic mass is 9.70. The predicted molar refractivity (Wildman–Crippen MR) is 126 cm³/mol. The van der Waals surface area contributed by atoms with Gasteiger partial charge in [0.25, 0.3) is 0 Å². The molecule has 2 saturated heterocycles. The zero-order valence-corrected chi connectivity index (χ0v) is 18.9. The van der Waals surface area contributed by atoms with Gasteiger partial charge >= 0.3 is 0 Å². The topological polar surface area (TPSA) is 107 Å².